The van der Waals surface area contributed by atoms with Crippen LogP contribution in [0.2, 0.25) is 0 Å². The Balaban J connectivity index is 1.87. The van der Waals surface area contributed by atoms with Crippen LogP contribution in [-0.2, 0) is 11.8 Å². The summed E-state index contributed by atoms with van der Waals surface area (Å²) in [6.07, 6.45) is 5.33. The molecule has 0 saturated carbocycles. The molecule has 0 saturated heterocycles. The van der Waals surface area contributed by atoms with Crippen molar-refractivity contribution in [1.82, 2.24) is 14.9 Å². The standard InChI is InChI=1S/C20H16F3N3O/c1-26-11-10-24-20(26)19(13-4-2-5-14(21)12-13)25-18(27)9-8-15-16(22)6-3-7-17(15)23/h2-12,19H,1H3,(H,25,27)/b9-8-/t19-/m0/s1. The van der Waals surface area contributed by atoms with Crippen LogP contribution in [0.1, 0.15) is 23.0 Å². The van der Waals surface area contributed by atoms with Gasteiger partial charge < -0.3 is 9.88 Å². The topological polar surface area (TPSA) is 46.9 Å². The molecule has 0 aliphatic carbocycles. The summed E-state index contributed by atoms with van der Waals surface area (Å²) in [5, 5.41) is 2.69. The van der Waals surface area contributed by atoms with Gasteiger partial charge in [-0.3, -0.25) is 4.79 Å². The van der Waals surface area contributed by atoms with Gasteiger partial charge in [-0.25, -0.2) is 18.2 Å². The Hall–Kier alpha value is -3.35. The first-order valence-corrected chi connectivity index (χ1v) is 8.11. The molecule has 0 fully saturated rings. The number of imidazole rings is 1. The average molecular weight is 371 g/mol. The maximum atomic E-state index is 13.7. The van der Waals surface area contributed by atoms with Crippen molar-refractivity contribution in [2.24, 2.45) is 7.05 Å². The van der Waals surface area contributed by atoms with E-state index in [1.54, 1.807) is 30.1 Å². The maximum absolute atomic E-state index is 13.7. The second-order valence-electron chi connectivity index (χ2n) is 5.86. The summed E-state index contributed by atoms with van der Waals surface area (Å²) in [7, 11) is 1.74. The lowest BCUT2D eigenvalue weighted by molar-refractivity contribution is -0.117. The summed E-state index contributed by atoms with van der Waals surface area (Å²) in [6, 6.07) is 8.47. The fraction of sp³-hybridized carbons (Fsp3) is 0.100. The highest BCUT2D eigenvalue weighted by molar-refractivity contribution is 5.92. The van der Waals surface area contributed by atoms with Gasteiger partial charge in [0.2, 0.25) is 5.91 Å². The second kappa shape index (κ2) is 7.90. The summed E-state index contributed by atoms with van der Waals surface area (Å²) in [4.78, 5) is 16.5. The highest BCUT2D eigenvalue weighted by atomic mass is 19.1. The molecule has 0 aliphatic heterocycles. The van der Waals surface area contributed by atoms with Crippen molar-refractivity contribution in [2.45, 2.75) is 6.04 Å². The summed E-state index contributed by atoms with van der Waals surface area (Å²) in [5.41, 5.74) is 0.176. The molecule has 0 spiro atoms. The van der Waals surface area contributed by atoms with Gasteiger partial charge in [0.1, 0.15) is 29.3 Å². The van der Waals surface area contributed by atoms with Crippen LogP contribution in [-0.4, -0.2) is 15.5 Å². The molecule has 0 aliphatic rings. The molecule has 27 heavy (non-hydrogen) atoms. The fourth-order valence-corrected chi connectivity index (χ4v) is 2.66. The SMILES string of the molecule is Cn1ccnc1[C@@H](NC(=O)/C=C\c1c(F)cccc1F)c1cccc(F)c1. The zero-order valence-corrected chi connectivity index (χ0v) is 14.4. The highest BCUT2D eigenvalue weighted by Gasteiger charge is 2.20. The maximum Gasteiger partial charge on any atom is 0.244 e. The number of hydrogen-bond acceptors (Lipinski definition) is 2. The molecule has 1 N–H and O–H groups in total. The van der Waals surface area contributed by atoms with E-state index in [2.05, 4.69) is 10.3 Å². The minimum atomic E-state index is -0.773. The smallest absolute Gasteiger partial charge is 0.244 e. The minimum Gasteiger partial charge on any atom is -0.339 e. The third-order valence-corrected chi connectivity index (χ3v) is 3.99. The van der Waals surface area contributed by atoms with Crippen molar-refractivity contribution in [1.29, 1.82) is 0 Å². The number of rotatable bonds is 5. The molecule has 138 valence electrons. The van der Waals surface area contributed by atoms with Crippen molar-refractivity contribution >= 4 is 12.0 Å². The van der Waals surface area contributed by atoms with Gasteiger partial charge >= 0.3 is 0 Å². The summed E-state index contributed by atoms with van der Waals surface area (Å²) < 4.78 is 42.7. The Bertz CT molecular complexity index is 977. The molecule has 0 unspecified atom stereocenters. The van der Waals surface area contributed by atoms with E-state index in [0.29, 0.717) is 11.4 Å². The first-order chi connectivity index (χ1) is 13.0. The highest BCUT2D eigenvalue weighted by Crippen LogP contribution is 2.21. The van der Waals surface area contributed by atoms with Gasteiger partial charge in [0.15, 0.2) is 0 Å². The summed E-state index contributed by atoms with van der Waals surface area (Å²) in [5.74, 6) is -2.12. The Morgan fingerprint density at radius 1 is 1.15 bits per heavy atom. The van der Waals surface area contributed by atoms with Crippen molar-refractivity contribution in [3.8, 4) is 0 Å². The van der Waals surface area contributed by atoms with Crippen LogP contribution in [0.4, 0.5) is 13.2 Å². The van der Waals surface area contributed by atoms with E-state index in [9.17, 15) is 18.0 Å². The molecule has 2 aromatic carbocycles. The molecule has 3 rings (SSSR count). The van der Waals surface area contributed by atoms with Crippen molar-refractivity contribution in [3.05, 3.63) is 95.3 Å². The number of carbonyl (C=O) groups excluding carboxylic acids is 1. The fourth-order valence-electron chi connectivity index (χ4n) is 2.66. The van der Waals surface area contributed by atoms with E-state index in [-0.39, 0.29) is 5.56 Å². The van der Waals surface area contributed by atoms with Gasteiger partial charge in [0.05, 0.1) is 0 Å². The number of aromatic nitrogens is 2. The molecule has 7 heteroatoms. The van der Waals surface area contributed by atoms with Crippen LogP contribution in [0.15, 0.2) is 60.9 Å². The van der Waals surface area contributed by atoms with E-state index in [1.165, 1.54) is 24.3 Å². The second-order valence-corrected chi connectivity index (χ2v) is 5.86. The van der Waals surface area contributed by atoms with E-state index in [4.69, 9.17) is 0 Å². The monoisotopic (exact) mass is 371 g/mol. The Kier molecular flexibility index (Phi) is 5.40. The van der Waals surface area contributed by atoms with E-state index >= 15 is 0 Å². The van der Waals surface area contributed by atoms with Crippen LogP contribution in [0.5, 0.6) is 0 Å². The number of carbonyl (C=O) groups is 1. The van der Waals surface area contributed by atoms with Crippen LogP contribution >= 0.6 is 0 Å². The number of hydrogen-bond donors (Lipinski definition) is 1. The number of nitrogens with zero attached hydrogens (tertiary/aromatic N) is 2. The van der Waals surface area contributed by atoms with Gasteiger partial charge in [-0.05, 0) is 35.9 Å². The third kappa shape index (κ3) is 4.25. The van der Waals surface area contributed by atoms with Gasteiger partial charge in [-0.1, -0.05) is 18.2 Å². The molecule has 0 radical (unpaired) electrons. The molecule has 1 atom stereocenters. The average Bonchev–Trinajstić information content (AvgIpc) is 3.05. The molecule has 1 aromatic heterocycles. The molecule has 1 amide bonds. The summed E-state index contributed by atoms with van der Waals surface area (Å²) in [6.45, 7) is 0. The predicted octanol–water partition coefficient (Wildman–Crippen LogP) is 3.76. The normalized spacial score (nSPS) is 12.3. The first kappa shape index (κ1) is 18.4. The van der Waals surface area contributed by atoms with Gasteiger partial charge in [-0.15, -0.1) is 0 Å². The molecular weight excluding hydrogens is 355 g/mol. The number of benzene rings is 2. The van der Waals surface area contributed by atoms with Crippen LogP contribution in [0.3, 0.4) is 0 Å². The third-order valence-electron chi connectivity index (χ3n) is 3.99. The van der Waals surface area contributed by atoms with Gasteiger partial charge in [0, 0.05) is 31.1 Å². The van der Waals surface area contributed by atoms with Crippen molar-refractivity contribution in [2.75, 3.05) is 0 Å². The van der Waals surface area contributed by atoms with Gasteiger partial charge in [0.25, 0.3) is 0 Å². The minimum absolute atomic E-state index is 0.313. The van der Waals surface area contributed by atoms with E-state index < -0.39 is 29.4 Å². The first-order valence-electron chi connectivity index (χ1n) is 8.11. The quantitative estimate of drug-likeness (QED) is 0.695. The Labute approximate surface area is 154 Å². The lowest BCUT2D eigenvalue weighted by Crippen LogP contribution is -2.29. The molecule has 4 nitrogen and oxygen atoms in total. The van der Waals surface area contributed by atoms with Crippen molar-refractivity contribution < 1.29 is 18.0 Å². The van der Waals surface area contributed by atoms with Crippen LogP contribution in [0, 0.1) is 17.5 Å². The van der Waals surface area contributed by atoms with E-state index in [0.717, 1.165) is 24.3 Å². The van der Waals surface area contributed by atoms with E-state index in [1.807, 2.05) is 0 Å². The zero-order chi connectivity index (χ0) is 19.4. The van der Waals surface area contributed by atoms with Crippen molar-refractivity contribution in [3.63, 3.8) is 0 Å². The lowest BCUT2D eigenvalue weighted by Gasteiger charge is -2.18. The summed E-state index contributed by atoms with van der Waals surface area (Å²) >= 11 is 0. The van der Waals surface area contributed by atoms with Gasteiger partial charge in [-0.2, -0.15) is 0 Å². The Morgan fingerprint density at radius 3 is 2.48 bits per heavy atom. The molecular formula is C20H16F3N3O. The number of nitrogens with one attached hydrogen (secondary N) is 1. The number of amides is 1. The predicted molar refractivity (Wildman–Crippen MR) is 95.0 cm³/mol. The number of aryl methyl sites for hydroxylation is 1. The van der Waals surface area contributed by atoms with Crippen LogP contribution < -0.4 is 5.32 Å². The van der Waals surface area contributed by atoms with Crippen LogP contribution in [0.25, 0.3) is 6.08 Å². The molecule has 0 bridgehead atoms. The zero-order valence-electron chi connectivity index (χ0n) is 14.4. The lowest BCUT2D eigenvalue weighted by atomic mass is 10.1. The Morgan fingerprint density at radius 2 is 1.85 bits per heavy atom. The molecule has 1 heterocycles. The largest absolute Gasteiger partial charge is 0.339 e. The molecule has 3 aromatic rings. The number of halogens is 3.